The van der Waals surface area contributed by atoms with Crippen LogP contribution in [0, 0.1) is 22.7 Å². The molecular formula is C11H7N3OS. The fraction of sp³-hybridized carbons (Fsp3) is 0.0909. The second-order valence-electron chi connectivity index (χ2n) is 3.14. The van der Waals surface area contributed by atoms with Crippen LogP contribution in [0.2, 0.25) is 0 Å². The van der Waals surface area contributed by atoms with E-state index < -0.39 is 0 Å². The molecule has 0 amide bonds. The highest BCUT2D eigenvalue weighted by Crippen LogP contribution is 2.37. The topological polar surface area (TPSA) is 82.8 Å². The molecule has 78 valence electrons. The summed E-state index contributed by atoms with van der Waals surface area (Å²) in [6.07, 6.45) is 1.31. The van der Waals surface area contributed by atoms with E-state index in [1.807, 2.05) is 29.7 Å². The summed E-state index contributed by atoms with van der Waals surface area (Å²) in [5.41, 5.74) is 6.28. The summed E-state index contributed by atoms with van der Waals surface area (Å²) < 4.78 is 4.97. The molecule has 1 atom stereocenters. The van der Waals surface area contributed by atoms with Gasteiger partial charge in [0.05, 0.1) is 17.6 Å². The minimum atomic E-state index is -0.385. The molecule has 2 rings (SSSR count). The Labute approximate surface area is 96.5 Å². The first-order valence-corrected chi connectivity index (χ1v) is 5.36. The smallest absolute Gasteiger partial charge is 0.204 e. The van der Waals surface area contributed by atoms with Gasteiger partial charge in [-0.25, -0.2) is 0 Å². The van der Waals surface area contributed by atoms with Crippen LogP contribution in [0.4, 0.5) is 0 Å². The summed E-state index contributed by atoms with van der Waals surface area (Å²) in [7, 11) is 0. The van der Waals surface area contributed by atoms with Gasteiger partial charge in [-0.15, -0.1) is 11.3 Å². The van der Waals surface area contributed by atoms with Gasteiger partial charge >= 0.3 is 0 Å². The highest BCUT2D eigenvalue weighted by Gasteiger charge is 2.29. The zero-order valence-electron chi connectivity index (χ0n) is 8.18. The lowest BCUT2D eigenvalue weighted by atomic mass is 9.90. The molecule has 0 saturated heterocycles. The molecule has 0 fully saturated rings. The second-order valence-corrected chi connectivity index (χ2v) is 4.12. The highest BCUT2D eigenvalue weighted by molar-refractivity contribution is 7.10. The predicted octanol–water partition coefficient (Wildman–Crippen LogP) is 1.96. The van der Waals surface area contributed by atoms with E-state index in [2.05, 4.69) is 0 Å². The first-order valence-electron chi connectivity index (χ1n) is 4.48. The van der Waals surface area contributed by atoms with Crippen molar-refractivity contribution in [1.29, 1.82) is 10.5 Å². The summed E-state index contributed by atoms with van der Waals surface area (Å²) >= 11 is 1.48. The van der Waals surface area contributed by atoms with Gasteiger partial charge in [-0.3, -0.25) is 0 Å². The van der Waals surface area contributed by atoms with Gasteiger partial charge in [-0.1, -0.05) is 6.07 Å². The number of ether oxygens (including phenoxy) is 1. The molecule has 0 aliphatic carbocycles. The Morgan fingerprint density at radius 1 is 1.38 bits per heavy atom. The van der Waals surface area contributed by atoms with Crippen LogP contribution in [-0.4, -0.2) is 0 Å². The molecule has 2 heterocycles. The van der Waals surface area contributed by atoms with E-state index in [0.29, 0.717) is 11.1 Å². The van der Waals surface area contributed by atoms with E-state index in [4.69, 9.17) is 21.0 Å². The van der Waals surface area contributed by atoms with Crippen LogP contribution in [0.5, 0.6) is 0 Å². The van der Waals surface area contributed by atoms with Crippen molar-refractivity contribution < 1.29 is 4.74 Å². The van der Waals surface area contributed by atoms with Crippen LogP contribution in [-0.2, 0) is 4.74 Å². The normalized spacial score (nSPS) is 19.4. The van der Waals surface area contributed by atoms with Crippen molar-refractivity contribution in [1.82, 2.24) is 0 Å². The van der Waals surface area contributed by atoms with Gasteiger partial charge in [0.15, 0.2) is 0 Å². The standard InChI is InChI=1S/C11H7N3OS/c12-4-7-6-15-11(14)8(5-13)10(7)9-2-1-3-16-9/h1-3,6,10H,14H2. The molecule has 1 aliphatic heterocycles. The summed E-state index contributed by atoms with van der Waals surface area (Å²) in [5.74, 6) is -0.316. The molecule has 0 bridgehead atoms. The Morgan fingerprint density at radius 2 is 2.19 bits per heavy atom. The van der Waals surface area contributed by atoms with E-state index in [1.54, 1.807) is 0 Å². The average Bonchev–Trinajstić information content (AvgIpc) is 2.81. The maximum atomic E-state index is 9.04. The van der Waals surface area contributed by atoms with Crippen LogP contribution < -0.4 is 5.73 Å². The minimum absolute atomic E-state index is 0.0694. The molecule has 5 heteroatoms. The van der Waals surface area contributed by atoms with Crippen molar-refractivity contribution >= 4 is 11.3 Å². The summed E-state index contributed by atoms with van der Waals surface area (Å²) in [5, 5.41) is 19.9. The molecule has 1 aromatic rings. The van der Waals surface area contributed by atoms with Gasteiger partial charge < -0.3 is 10.5 Å². The van der Waals surface area contributed by atoms with E-state index in [9.17, 15) is 0 Å². The molecule has 0 aromatic carbocycles. The Bertz CT molecular complexity index is 543. The summed E-state index contributed by atoms with van der Waals surface area (Å²) in [6.45, 7) is 0. The maximum absolute atomic E-state index is 9.04. The fourth-order valence-corrected chi connectivity index (χ4v) is 2.37. The zero-order chi connectivity index (χ0) is 11.5. The van der Waals surface area contributed by atoms with Gasteiger partial charge in [0.25, 0.3) is 0 Å². The van der Waals surface area contributed by atoms with Crippen molar-refractivity contribution in [3.63, 3.8) is 0 Å². The number of allylic oxidation sites excluding steroid dienone is 2. The Morgan fingerprint density at radius 3 is 2.75 bits per heavy atom. The molecule has 0 spiro atoms. The van der Waals surface area contributed by atoms with Crippen LogP contribution in [0.25, 0.3) is 0 Å². The number of nitrogens with two attached hydrogens (primary N) is 1. The maximum Gasteiger partial charge on any atom is 0.204 e. The second kappa shape index (κ2) is 4.09. The van der Waals surface area contributed by atoms with Gasteiger partial charge in [-0.05, 0) is 11.4 Å². The molecule has 16 heavy (non-hydrogen) atoms. The molecule has 0 saturated carbocycles. The lowest BCUT2D eigenvalue weighted by molar-refractivity contribution is 0.326. The van der Waals surface area contributed by atoms with Crippen molar-refractivity contribution in [3.8, 4) is 12.1 Å². The van der Waals surface area contributed by atoms with E-state index in [0.717, 1.165) is 4.88 Å². The Balaban J connectivity index is 2.53. The van der Waals surface area contributed by atoms with Crippen LogP contribution in [0.1, 0.15) is 10.8 Å². The average molecular weight is 229 g/mol. The van der Waals surface area contributed by atoms with Gasteiger partial charge in [0.2, 0.25) is 5.88 Å². The summed E-state index contributed by atoms with van der Waals surface area (Å²) in [4.78, 5) is 0.913. The monoisotopic (exact) mass is 229 g/mol. The molecule has 1 aliphatic rings. The molecule has 0 radical (unpaired) electrons. The SMILES string of the molecule is N#CC1=COC(N)=C(C#N)C1c1cccs1. The number of thiophene rings is 1. The molecule has 2 N–H and O–H groups in total. The first-order chi connectivity index (χ1) is 7.77. The largest absolute Gasteiger partial charge is 0.447 e. The lowest BCUT2D eigenvalue weighted by Crippen LogP contribution is -2.15. The summed E-state index contributed by atoms with van der Waals surface area (Å²) in [6, 6.07) is 7.77. The minimum Gasteiger partial charge on any atom is -0.447 e. The first kappa shape index (κ1) is 10.3. The van der Waals surface area contributed by atoms with Crippen LogP contribution >= 0.6 is 11.3 Å². The molecule has 1 unspecified atom stereocenters. The Kier molecular flexibility index (Phi) is 2.63. The van der Waals surface area contributed by atoms with E-state index in [1.165, 1.54) is 17.6 Å². The third kappa shape index (κ3) is 1.54. The number of hydrogen-bond donors (Lipinski definition) is 1. The van der Waals surface area contributed by atoms with Crippen LogP contribution in [0.15, 0.2) is 40.8 Å². The zero-order valence-corrected chi connectivity index (χ0v) is 8.99. The molecule has 1 aromatic heterocycles. The number of hydrogen-bond acceptors (Lipinski definition) is 5. The van der Waals surface area contributed by atoms with E-state index >= 15 is 0 Å². The quantitative estimate of drug-likeness (QED) is 0.797. The highest BCUT2D eigenvalue weighted by atomic mass is 32.1. The fourth-order valence-electron chi connectivity index (χ4n) is 1.52. The van der Waals surface area contributed by atoms with E-state index in [-0.39, 0.29) is 11.8 Å². The molecular weight excluding hydrogens is 222 g/mol. The van der Waals surface area contributed by atoms with Crippen molar-refractivity contribution in [2.75, 3.05) is 0 Å². The van der Waals surface area contributed by atoms with Crippen molar-refractivity contribution in [2.24, 2.45) is 5.73 Å². The number of nitriles is 2. The number of nitrogens with zero attached hydrogens (tertiary/aromatic N) is 2. The van der Waals surface area contributed by atoms with Gasteiger partial charge in [0, 0.05) is 4.88 Å². The molecule has 4 nitrogen and oxygen atoms in total. The van der Waals surface area contributed by atoms with Crippen molar-refractivity contribution in [2.45, 2.75) is 5.92 Å². The van der Waals surface area contributed by atoms with Gasteiger partial charge in [0.1, 0.15) is 17.9 Å². The van der Waals surface area contributed by atoms with Gasteiger partial charge in [-0.2, -0.15) is 10.5 Å². The predicted molar refractivity (Wildman–Crippen MR) is 58.7 cm³/mol. The Hall–Kier alpha value is -2.24. The number of rotatable bonds is 1. The van der Waals surface area contributed by atoms with Crippen LogP contribution in [0.3, 0.4) is 0 Å². The lowest BCUT2D eigenvalue weighted by Gasteiger charge is -2.19. The third-order valence-electron chi connectivity index (χ3n) is 2.26. The third-order valence-corrected chi connectivity index (χ3v) is 3.19. The van der Waals surface area contributed by atoms with Crippen molar-refractivity contribution in [3.05, 3.63) is 45.7 Å².